The van der Waals surface area contributed by atoms with E-state index in [1.54, 1.807) is 6.26 Å². The van der Waals surface area contributed by atoms with Crippen molar-refractivity contribution < 1.29 is 14.3 Å². The largest absolute Gasteiger partial charge is 0.498 e. The third-order valence-corrected chi connectivity index (χ3v) is 1.77. The molecule has 0 unspecified atom stereocenters. The Balaban J connectivity index is 2.14. The summed E-state index contributed by atoms with van der Waals surface area (Å²) in [7, 11) is 0. The molecule has 1 rings (SSSR count). The zero-order chi connectivity index (χ0) is 11.6. The molecule has 3 nitrogen and oxygen atoms in total. The first-order valence-electron chi connectivity index (χ1n) is 4.95. The van der Waals surface area contributed by atoms with E-state index in [0.29, 0.717) is 6.61 Å². The highest BCUT2D eigenvalue weighted by Crippen LogP contribution is 2.00. The summed E-state index contributed by atoms with van der Waals surface area (Å²) < 4.78 is 9.87. The highest BCUT2D eigenvalue weighted by Gasteiger charge is 1.93. The van der Waals surface area contributed by atoms with Crippen LogP contribution in [-0.4, -0.2) is 19.2 Å². The molecule has 1 aromatic carbocycles. The lowest BCUT2D eigenvalue weighted by Gasteiger charge is -2.01. The fourth-order valence-electron chi connectivity index (χ4n) is 1.01. The maximum Gasteiger partial charge on any atom is 0.330 e. The second kappa shape index (κ2) is 7.29. The first-order valence-corrected chi connectivity index (χ1v) is 4.95. The van der Waals surface area contributed by atoms with Gasteiger partial charge in [-0.2, -0.15) is 0 Å². The van der Waals surface area contributed by atoms with Crippen molar-refractivity contribution in [3.63, 3.8) is 0 Å². The third kappa shape index (κ3) is 5.00. The van der Waals surface area contributed by atoms with Crippen LogP contribution in [0.2, 0.25) is 0 Å². The number of benzene rings is 1. The van der Waals surface area contributed by atoms with Crippen LogP contribution in [0.3, 0.4) is 0 Å². The second-order valence-electron chi connectivity index (χ2n) is 2.96. The molecular formula is C13H14O3. The van der Waals surface area contributed by atoms with E-state index in [2.05, 4.69) is 6.58 Å². The van der Waals surface area contributed by atoms with Crippen LogP contribution in [0.4, 0.5) is 0 Å². The summed E-state index contributed by atoms with van der Waals surface area (Å²) in [6.45, 7) is 3.85. The third-order valence-electron chi connectivity index (χ3n) is 1.77. The quantitative estimate of drug-likeness (QED) is 0.318. The fraction of sp³-hybridized carbons (Fsp3) is 0.154. The molecule has 84 valence electrons. The van der Waals surface area contributed by atoms with E-state index in [4.69, 9.17) is 9.47 Å². The van der Waals surface area contributed by atoms with Crippen molar-refractivity contribution in [3.8, 4) is 0 Å². The lowest BCUT2D eigenvalue weighted by atomic mass is 10.2. The normalized spacial score (nSPS) is 10.0. The van der Waals surface area contributed by atoms with Gasteiger partial charge in [-0.1, -0.05) is 36.9 Å². The van der Waals surface area contributed by atoms with Crippen molar-refractivity contribution in [2.75, 3.05) is 13.2 Å². The van der Waals surface area contributed by atoms with E-state index in [1.165, 1.54) is 0 Å². The van der Waals surface area contributed by atoms with Gasteiger partial charge in [0.15, 0.2) is 0 Å². The Morgan fingerprint density at radius 3 is 2.69 bits per heavy atom. The van der Waals surface area contributed by atoms with Gasteiger partial charge in [-0.05, 0) is 11.6 Å². The molecule has 0 aliphatic carbocycles. The molecule has 0 spiro atoms. The fourth-order valence-corrected chi connectivity index (χ4v) is 1.01. The molecular weight excluding hydrogens is 204 g/mol. The summed E-state index contributed by atoms with van der Waals surface area (Å²) >= 11 is 0. The van der Waals surface area contributed by atoms with Gasteiger partial charge in [-0.3, -0.25) is 0 Å². The monoisotopic (exact) mass is 218 g/mol. The average Bonchev–Trinajstić information content (AvgIpc) is 2.34. The van der Waals surface area contributed by atoms with E-state index in [9.17, 15) is 4.79 Å². The SMILES string of the molecule is C=CC(=O)OCCOC=Cc1ccccc1. The molecule has 0 bridgehead atoms. The van der Waals surface area contributed by atoms with Gasteiger partial charge >= 0.3 is 5.97 Å². The summed E-state index contributed by atoms with van der Waals surface area (Å²) in [5.41, 5.74) is 1.06. The number of esters is 1. The van der Waals surface area contributed by atoms with Crippen LogP contribution >= 0.6 is 0 Å². The number of carbonyl (C=O) groups excluding carboxylic acids is 1. The van der Waals surface area contributed by atoms with Crippen molar-refractivity contribution in [2.24, 2.45) is 0 Å². The van der Waals surface area contributed by atoms with Crippen LogP contribution in [0.15, 0.2) is 49.2 Å². The molecule has 0 fully saturated rings. The lowest BCUT2D eigenvalue weighted by molar-refractivity contribution is -0.138. The lowest BCUT2D eigenvalue weighted by Crippen LogP contribution is -2.06. The molecule has 0 aliphatic heterocycles. The number of ether oxygens (including phenoxy) is 2. The van der Waals surface area contributed by atoms with Crippen LogP contribution in [0.1, 0.15) is 5.56 Å². The predicted octanol–water partition coefficient (Wildman–Crippen LogP) is 2.40. The van der Waals surface area contributed by atoms with Crippen molar-refractivity contribution in [3.05, 3.63) is 54.8 Å². The maximum atomic E-state index is 10.7. The molecule has 0 saturated heterocycles. The van der Waals surface area contributed by atoms with E-state index in [1.807, 2.05) is 36.4 Å². The molecule has 0 atom stereocenters. The van der Waals surface area contributed by atoms with Gasteiger partial charge in [0.05, 0.1) is 6.26 Å². The van der Waals surface area contributed by atoms with Crippen molar-refractivity contribution in [1.82, 2.24) is 0 Å². The zero-order valence-electron chi connectivity index (χ0n) is 8.96. The minimum Gasteiger partial charge on any atom is -0.498 e. The second-order valence-corrected chi connectivity index (χ2v) is 2.96. The topological polar surface area (TPSA) is 35.5 Å². The highest BCUT2D eigenvalue weighted by molar-refractivity contribution is 5.81. The molecule has 0 saturated carbocycles. The van der Waals surface area contributed by atoms with Gasteiger partial charge in [0.2, 0.25) is 0 Å². The Kier molecular flexibility index (Phi) is 5.48. The van der Waals surface area contributed by atoms with Gasteiger partial charge in [0.1, 0.15) is 13.2 Å². The smallest absolute Gasteiger partial charge is 0.330 e. The van der Waals surface area contributed by atoms with Gasteiger partial charge in [-0.15, -0.1) is 0 Å². The average molecular weight is 218 g/mol. The van der Waals surface area contributed by atoms with Gasteiger partial charge in [0.25, 0.3) is 0 Å². The number of carbonyl (C=O) groups is 1. The van der Waals surface area contributed by atoms with E-state index >= 15 is 0 Å². The van der Waals surface area contributed by atoms with E-state index < -0.39 is 5.97 Å². The van der Waals surface area contributed by atoms with Crippen LogP contribution in [-0.2, 0) is 14.3 Å². The van der Waals surface area contributed by atoms with E-state index in [0.717, 1.165) is 11.6 Å². The highest BCUT2D eigenvalue weighted by atomic mass is 16.6. The standard InChI is InChI=1S/C13H14O3/c1-2-13(14)16-11-10-15-9-8-12-6-4-3-5-7-12/h2-9H,1,10-11H2. The van der Waals surface area contributed by atoms with Gasteiger partial charge < -0.3 is 9.47 Å². The Bertz CT molecular complexity index is 355. The summed E-state index contributed by atoms with van der Waals surface area (Å²) in [6.07, 6.45) is 4.55. The number of hydrogen-bond donors (Lipinski definition) is 0. The summed E-state index contributed by atoms with van der Waals surface area (Å²) in [4.78, 5) is 10.7. The maximum absolute atomic E-state index is 10.7. The number of rotatable bonds is 6. The van der Waals surface area contributed by atoms with Crippen molar-refractivity contribution in [2.45, 2.75) is 0 Å². The Hall–Kier alpha value is -2.03. The molecule has 0 amide bonds. The van der Waals surface area contributed by atoms with Crippen LogP contribution in [0, 0.1) is 0 Å². The minimum atomic E-state index is -0.435. The van der Waals surface area contributed by atoms with Crippen LogP contribution < -0.4 is 0 Å². The molecule has 16 heavy (non-hydrogen) atoms. The van der Waals surface area contributed by atoms with Gasteiger partial charge in [0, 0.05) is 6.08 Å². The van der Waals surface area contributed by atoms with Crippen LogP contribution in [0.5, 0.6) is 0 Å². The zero-order valence-corrected chi connectivity index (χ0v) is 8.96. The summed E-state index contributed by atoms with van der Waals surface area (Å²) in [6, 6.07) is 9.79. The molecule has 1 aromatic rings. The van der Waals surface area contributed by atoms with Crippen LogP contribution in [0.25, 0.3) is 6.08 Å². The van der Waals surface area contributed by atoms with Crippen molar-refractivity contribution >= 4 is 12.0 Å². The summed E-state index contributed by atoms with van der Waals surface area (Å²) in [5.74, 6) is -0.435. The molecule has 0 radical (unpaired) electrons. The molecule has 0 heterocycles. The number of hydrogen-bond acceptors (Lipinski definition) is 3. The summed E-state index contributed by atoms with van der Waals surface area (Å²) in [5, 5.41) is 0. The minimum absolute atomic E-state index is 0.226. The molecule has 0 aromatic heterocycles. The molecule has 0 N–H and O–H groups in total. The Morgan fingerprint density at radius 2 is 2.00 bits per heavy atom. The molecule has 0 aliphatic rings. The Morgan fingerprint density at radius 1 is 1.25 bits per heavy atom. The first-order chi connectivity index (χ1) is 7.83. The van der Waals surface area contributed by atoms with Gasteiger partial charge in [-0.25, -0.2) is 4.79 Å². The van der Waals surface area contributed by atoms with Crippen molar-refractivity contribution in [1.29, 1.82) is 0 Å². The Labute approximate surface area is 95.0 Å². The first kappa shape index (κ1) is 12.0. The molecule has 3 heteroatoms. The van der Waals surface area contributed by atoms with E-state index in [-0.39, 0.29) is 6.61 Å². The predicted molar refractivity (Wildman–Crippen MR) is 62.6 cm³/mol.